The highest BCUT2D eigenvalue weighted by Gasteiger charge is 2.36. The normalized spacial score (nSPS) is 17.9. The lowest BCUT2D eigenvalue weighted by atomic mass is 10.1. The molecule has 1 aliphatic heterocycles. The highest BCUT2D eigenvalue weighted by molar-refractivity contribution is 7.45. The van der Waals surface area contributed by atoms with E-state index in [-0.39, 0.29) is 38.3 Å². The Bertz CT molecular complexity index is 1270. The van der Waals surface area contributed by atoms with Gasteiger partial charge in [0.15, 0.2) is 6.10 Å². The summed E-state index contributed by atoms with van der Waals surface area (Å²) in [4.78, 5) is 37.6. The average Bonchev–Trinajstić information content (AvgIpc) is 3.92. The molecular weight excluding hydrogens is 741 g/mol. The molecule has 0 amide bonds. The van der Waals surface area contributed by atoms with Gasteiger partial charge in [-0.1, -0.05) is 119 Å². The van der Waals surface area contributed by atoms with Crippen LogP contribution in [0.25, 0.3) is 0 Å². The Morgan fingerprint density at radius 2 is 1.18 bits per heavy atom. The number of rotatable bonds is 37. The van der Waals surface area contributed by atoms with Crippen LogP contribution >= 0.6 is 7.82 Å². The van der Waals surface area contributed by atoms with Gasteiger partial charge in [0.25, 0.3) is 7.82 Å². The number of allylic oxidation sites excluding steroid dienone is 10. The second kappa shape index (κ2) is 34.3. The van der Waals surface area contributed by atoms with E-state index in [1.165, 1.54) is 25.7 Å². The maximum atomic E-state index is 12.7. The summed E-state index contributed by atoms with van der Waals surface area (Å²) >= 11 is 0. The number of carbonyl (C=O) groups excluding carboxylic acids is 2. The van der Waals surface area contributed by atoms with Crippen LogP contribution < -0.4 is 4.89 Å². The third kappa shape index (κ3) is 35.1. The fourth-order valence-corrected chi connectivity index (χ4v) is 6.31. The van der Waals surface area contributed by atoms with E-state index in [0.29, 0.717) is 30.3 Å². The van der Waals surface area contributed by atoms with Crippen LogP contribution in [0.5, 0.6) is 0 Å². The van der Waals surface area contributed by atoms with E-state index in [2.05, 4.69) is 80.7 Å². The number of hydrogen-bond acceptors (Lipinski definition) is 9. The van der Waals surface area contributed by atoms with Crippen LogP contribution in [-0.4, -0.2) is 82.2 Å². The van der Waals surface area contributed by atoms with Crippen LogP contribution in [0.3, 0.4) is 0 Å². The van der Waals surface area contributed by atoms with Gasteiger partial charge in [0.05, 0.1) is 40.0 Å². The van der Waals surface area contributed by atoms with Gasteiger partial charge in [-0.05, 0) is 83.5 Å². The predicted octanol–water partition coefficient (Wildman–Crippen LogP) is 10.6. The van der Waals surface area contributed by atoms with Crippen molar-refractivity contribution in [2.24, 2.45) is 0 Å². The van der Waals surface area contributed by atoms with Gasteiger partial charge in [0.2, 0.25) is 0 Å². The summed E-state index contributed by atoms with van der Waals surface area (Å²) in [6.07, 6.45) is 43.9. The van der Waals surface area contributed by atoms with E-state index in [9.17, 15) is 19.0 Å². The maximum absolute atomic E-state index is 12.7. The molecule has 0 aliphatic carbocycles. The molecule has 57 heavy (non-hydrogen) atoms. The summed E-state index contributed by atoms with van der Waals surface area (Å²) in [6, 6.07) is 0. The molecule has 1 heterocycles. The van der Waals surface area contributed by atoms with Crippen LogP contribution in [0.4, 0.5) is 0 Å². The number of unbranched alkanes of at least 4 members (excludes halogenated alkanes) is 9. The van der Waals surface area contributed by atoms with Crippen LogP contribution in [0, 0.1) is 0 Å². The third-order valence-electron chi connectivity index (χ3n) is 9.11. The quantitative estimate of drug-likeness (QED) is 0.0150. The topological polar surface area (TPSA) is 124 Å². The van der Waals surface area contributed by atoms with Gasteiger partial charge in [-0.3, -0.25) is 14.2 Å². The Hall–Kier alpha value is -2.59. The lowest BCUT2D eigenvalue weighted by molar-refractivity contribution is -0.870. The summed E-state index contributed by atoms with van der Waals surface area (Å²) in [6.45, 7) is 3.96. The zero-order chi connectivity index (χ0) is 41.9. The first-order valence-corrected chi connectivity index (χ1v) is 23.2. The van der Waals surface area contributed by atoms with Gasteiger partial charge >= 0.3 is 11.9 Å². The zero-order valence-electron chi connectivity index (χ0n) is 36.2. The molecule has 0 saturated carbocycles. The second-order valence-corrected chi connectivity index (χ2v) is 17.1. The Labute approximate surface area is 346 Å². The number of likely N-dealkylation sites (N-methyl/N-ethyl adjacent to an activating group) is 1. The van der Waals surface area contributed by atoms with Gasteiger partial charge in [0, 0.05) is 12.8 Å². The molecule has 1 aliphatic rings. The van der Waals surface area contributed by atoms with E-state index in [0.717, 1.165) is 70.6 Å². The van der Waals surface area contributed by atoms with Crippen molar-refractivity contribution in [2.45, 2.75) is 161 Å². The molecule has 1 rings (SSSR count). The smallest absolute Gasteiger partial charge is 0.306 e. The highest BCUT2D eigenvalue weighted by Crippen LogP contribution is 2.38. The number of carbonyl (C=O) groups is 2. The van der Waals surface area contributed by atoms with E-state index in [1.807, 2.05) is 27.2 Å². The summed E-state index contributed by atoms with van der Waals surface area (Å²) in [5.41, 5.74) is 0. The van der Waals surface area contributed by atoms with Gasteiger partial charge in [-0.2, -0.15) is 0 Å². The minimum Gasteiger partial charge on any atom is -0.756 e. The van der Waals surface area contributed by atoms with Crippen molar-refractivity contribution in [3.8, 4) is 0 Å². The van der Waals surface area contributed by atoms with E-state index in [1.54, 1.807) is 0 Å². The highest BCUT2D eigenvalue weighted by atomic mass is 31.2. The summed E-state index contributed by atoms with van der Waals surface area (Å²) < 4.78 is 39.6. The van der Waals surface area contributed by atoms with Crippen LogP contribution in [-0.2, 0) is 37.4 Å². The second-order valence-electron chi connectivity index (χ2n) is 15.7. The molecule has 0 spiro atoms. The van der Waals surface area contributed by atoms with Crippen molar-refractivity contribution in [3.05, 3.63) is 72.9 Å². The molecular formula is C46H78NO9P. The molecule has 1 saturated heterocycles. The number of quaternary nitrogens is 1. The fraction of sp³-hybridized carbons (Fsp3) is 0.696. The summed E-state index contributed by atoms with van der Waals surface area (Å²) in [5.74, 6) is -0.935. The average molecular weight is 820 g/mol. The molecule has 0 bridgehead atoms. The Morgan fingerprint density at radius 3 is 1.82 bits per heavy atom. The molecule has 0 radical (unpaired) electrons. The number of hydrogen-bond donors (Lipinski definition) is 0. The van der Waals surface area contributed by atoms with Gasteiger partial charge < -0.3 is 32.6 Å². The first-order valence-electron chi connectivity index (χ1n) is 21.8. The van der Waals surface area contributed by atoms with E-state index in [4.69, 9.17) is 23.3 Å². The number of ether oxygens (including phenoxy) is 3. The molecule has 11 heteroatoms. The molecule has 0 aromatic rings. The minimum absolute atomic E-state index is 0.0508. The maximum Gasteiger partial charge on any atom is 0.306 e. The molecule has 1 fully saturated rings. The van der Waals surface area contributed by atoms with Crippen molar-refractivity contribution in [1.29, 1.82) is 0 Å². The van der Waals surface area contributed by atoms with Crippen LogP contribution in [0.2, 0.25) is 0 Å². The van der Waals surface area contributed by atoms with Crippen LogP contribution in [0.15, 0.2) is 72.9 Å². The number of phosphoric acid groups is 1. The number of epoxide rings is 1. The van der Waals surface area contributed by atoms with E-state index >= 15 is 0 Å². The molecule has 4 atom stereocenters. The molecule has 10 nitrogen and oxygen atoms in total. The minimum atomic E-state index is -4.65. The van der Waals surface area contributed by atoms with Crippen molar-refractivity contribution in [2.75, 3.05) is 47.5 Å². The molecule has 326 valence electrons. The van der Waals surface area contributed by atoms with Gasteiger partial charge in [0.1, 0.15) is 19.8 Å². The lowest BCUT2D eigenvalue weighted by Crippen LogP contribution is -2.37. The van der Waals surface area contributed by atoms with Crippen molar-refractivity contribution in [1.82, 2.24) is 0 Å². The fourth-order valence-electron chi connectivity index (χ4n) is 5.58. The predicted molar refractivity (Wildman–Crippen MR) is 230 cm³/mol. The molecule has 0 N–H and O–H groups in total. The van der Waals surface area contributed by atoms with Crippen molar-refractivity contribution < 1.29 is 46.8 Å². The first kappa shape index (κ1) is 52.4. The Kier molecular flexibility index (Phi) is 31.5. The SMILES string of the molecule is CC/C=C\C/C=C\C/C=C\CC1OC1C/C=C\CCCC(=O)OC(COC(=O)CCCCCCC/C=C\C/C=C\CCCCC)COP(=O)([O-])OCC[N+](C)(C)C. The van der Waals surface area contributed by atoms with E-state index < -0.39 is 32.5 Å². The lowest BCUT2D eigenvalue weighted by Gasteiger charge is -2.28. The summed E-state index contributed by atoms with van der Waals surface area (Å²) in [5, 5.41) is 0. The Morgan fingerprint density at radius 1 is 0.649 bits per heavy atom. The summed E-state index contributed by atoms with van der Waals surface area (Å²) in [7, 11) is 1.10. The number of nitrogens with zero attached hydrogens (tertiary/aromatic N) is 1. The molecule has 0 aromatic heterocycles. The van der Waals surface area contributed by atoms with Crippen molar-refractivity contribution in [3.63, 3.8) is 0 Å². The zero-order valence-corrected chi connectivity index (χ0v) is 37.1. The first-order chi connectivity index (χ1) is 27.5. The molecule has 0 aromatic carbocycles. The third-order valence-corrected chi connectivity index (χ3v) is 10.1. The van der Waals surface area contributed by atoms with Gasteiger partial charge in [-0.15, -0.1) is 0 Å². The van der Waals surface area contributed by atoms with Gasteiger partial charge in [-0.25, -0.2) is 0 Å². The largest absolute Gasteiger partial charge is 0.756 e. The van der Waals surface area contributed by atoms with Crippen LogP contribution in [0.1, 0.15) is 142 Å². The standard InChI is InChI=1S/C46H78NO9P/c1-6-8-10-12-14-16-17-18-19-20-21-23-25-27-32-36-45(48)52-40-42(41-54-57(50,51)53-39-38-47(3,4)5)55-46(49)37-33-29-28-31-35-44-43(56-44)34-30-26-24-22-15-13-11-9-7-2/h9,11,14-16,18-19,22,26,28,30-31,42-44H,6-8,10,12-13,17,20-21,23-25,27,29,32-41H2,1-5H3/b11-9-,16-14-,19-18-,22-15-,30-26-,31-28-. The number of phosphoric ester groups is 1. The molecule has 4 unspecified atom stereocenters. The monoisotopic (exact) mass is 820 g/mol. The van der Waals surface area contributed by atoms with Crippen molar-refractivity contribution >= 4 is 19.8 Å². The number of esters is 2. The Balaban J connectivity index is 2.36.